The van der Waals surface area contributed by atoms with Crippen LogP contribution in [0.4, 0.5) is 14.5 Å². The predicted molar refractivity (Wildman–Crippen MR) is 104 cm³/mol. The number of imidazole rings is 1. The number of fused-ring (bicyclic) bond motifs is 1. The summed E-state index contributed by atoms with van der Waals surface area (Å²) in [6, 6.07) is 12.7. The van der Waals surface area contributed by atoms with E-state index in [2.05, 4.69) is 10.3 Å². The van der Waals surface area contributed by atoms with Crippen LogP contribution in [0.3, 0.4) is 0 Å². The average Bonchev–Trinajstić information content (AvgIpc) is 3.11. The summed E-state index contributed by atoms with van der Waals surface area (Å²) in [7, 11) is 0. The molecule has 1 amide bonds. The van der Waals surface area contributed by atoms with Gasteiger partial charge in [0.2, 0.25) is 0 Å². The maximum Gasteiger partial charge on any atom is 0.255 e. The van der Waals surface area contributed by atoms with Crippen LogP contribution >= 0.6 is 0 Å². The Labute approximate surface area is 160 Å². The molecular weight excluding hydrogens is 360 g/mol. The second-order valence-electron chi connectivity index (χ2n) is 6.66. The van der Waals surface area contributed by atoms with Gasteiger partial charge in [-0.25, -0.2) is 13.8 Å². The summed E-state index contributed by atoms with van der Waals surface area (Å²) in [5, 5.41) is 2.77. The fourth-order valence-electron chi connectivity index (χ4n) is 3.04. The number of amides is 1. The Hall–Kier alpha value is -3.54. The van der Waals surface area contributed by atoms with Gasteiger partial charge in [-0.05, 0) is 55.3 Å². The molecule has 0 aliphatic rings. The van der Waals surface area contributed by atoms with Gasteiger partial charge < -0.3 is 9.72 Å². The highest BCUT2D eigenvalue weighted by atomic mass is 19.2. The summed E-state index contributed by atoms with van der Waals surface area (Å²) >= 11 is 0. The van der Waals surface area contributed by atoms with Crippen LogP contribution in [-0.4, -0.2) is 15.3 Å². The van der Waals surface area contributed by atoms with Gasteiger partial charge in [0, 0.05) is 29.2 Å². The maximum absolute atomic E-state index is 13.4. The molecule has 4 aromatic rings. The van der Waals surface area contributed by atoms with Crippen molar-refractivity contribution < 1.29 is 13.6 Å². The molecule has 1 N–H and O–H groups in total. The first kappa shape index (κ1) is 17.9. The van der Waals surface area contributed by atoms with Crippen molar-refractivity contribution in [2.45, 2.75) is 13.8 Å². The fourth-order valence-corrected chi connectivity index (χ4v) is 3.04. The average molecular weight is 377 g/mol. The van der Waals surface area contributed by atoms with Gasteiger partial charge in [0.15, 0.2) is 11.6 Å². The number of carbonyl (C=O) groups is 1. The summed E-state index contributed by atoms with van der Waals surface area (Å²) in [6.07, 6.45) is 3.85. The number of aryl methyl sites for hydroxylation is 2. The molecule has 4 nitrogen and oxygen atoms in total. The zero-order valence-corrected chi connectivity index (χ0v) is 15.3. The van der Waals surface area contributed by atoms with Crippen molar-refractivity contribution in [2.24, 2.45) is 0 Å². The molecule has 2 aromatic heterocycles. The number of hydrogen-bond donors (Lipinski definition) is 1. The second-order valence-corrected chi connectivity index (χ2v) is 6.66. The van der Waals surface area contributed by atoms with Crippen LogP contribution in [0, 0.1) is 25.5 Å². The minimum absolute atomic E-state index is 0.0482. The molecule has 4 rings (SSSR count). The number of rotatable bonds is 3. The molecule has 0 radical (unpaired) electrons. The monoisotopic (exact) mass is 377 g/mol. The Bertz CT molecular complexity index is 1210. The third kappa shape index (κ3) is 3.24. The molecule has 140 valence electrons. The summed E-state index contributed by atoms with van der Waals surface area (Å²) in [5.74, 6) is -2.56. The molecule has 6 heteroatoms. The molecular formula is C22H17F2N3O. The van der Waals surface area contributed by atoms with Crippen molar-refractivity contribution in [3.63, 3.8) is 0 Å². The molecule has 0 fully saturated rings. The maximum atomic E-state index is 13.4. The topological polar surface area (TPSA) is 46.4 Å². The zero-order chi connectivity index (χ0) is 19.8. The first-order valence-electron chi connectivity index (χ1n) is 8.74. The summed E-state index contributed by atoms with van der Waals surface area (Å²) in [6.45, 7) is 3.85. The molecule has 0 spiro atoms. The van der Waals surface area contributed by atoms with Crippen LogP contribution in [0.5, 0.6) is 0 Å². The van der Waals surface area contributed by atoms with Crippen LogP contribution in [0.25, 0.3) is 16.9 Å². The highest BCUT2D eigenvalue weighted by Gasteiger charge is 2.13. The van der Waals surface area contributed by atoms with E-state index in [9.17, 15) is 13.6 Å². The Morgan fingerprint density at radius 3 is 2.57 bits per heavy atom. The van der Waals surface area contributed by atoms with Crippen molar-refractivity contribution in [1.82, 2.24) is 9.38 Å². The first-order valence-corrected chi connectivity index (χ1v) is 8.74. The van der Waals surface area contributed by atoms with E-state index < -0.39 is 17.5 Å². The van der Waals surface area contributed by atoms with Crippen molar-refractivity contribution >= 4 is 17.2 Å². The minimum Gasteiger partial charge on any atom is -0.322 e. The van der Waals surface area contributed by atoms with E-state index in [1.165, 1.54) is 6.07 Å². The highest BCUT2D eigenvalue weighted by molar-refractivity contribution is 6.04. The fraction of sp³-hybridized carbons (Fsp3) is 0.0909. The van der Waals surface area contributed by atoms with Crippen LogP contribution in [0.15, 0.2) is 60.9 Å². The number of halogens is 2. The third-order valence-electron chi connectivity index (χ3n) is 4.64. The van der Waals surface area contributed by atoms with Crippen molar-refractivity contribution in [3.05, 3.63) is 89.2 Å². The van der Waals surface area contributed by atoms with Gasteiger partial charge in [-0.2, -0.15) is 0 Å². The van der Waals surface area contributed by atoms with E-state index in [0.29, 0.717) is 5.69 Å². The molecule has 0 atom stereocenters. The highest BCUT2D eigenvalue weighted by Crippen LogP contribution is 2.26. The minimum atomic E-state index is -1.06. The largest absolute Gasteiger partial charge is 0.322 e. The van der Waals surface area contributed by atoms with Crippen LogP contribution in [0.1, 0.15) is 21.5 Å². The number of pyridine rings is 1. The van der Waals surface area contributed by atoms with Crippen LogP contribution in [-0.2, 0) is 0 Å². The Morgan fingerprint density at radius 2 is 1.82 bits per heavy atom. The van der Waals surface area contributed by atoms with E-state index in [1.54, 1.807) is 0 Å². The normalized spacial score (nSPS) is 11.0. The van der Waals surface area contributed by atoms with E-state index in [4.69, 9.17) is 0 Å². The second kappa shape index (κ2) is 6.88. The van der Waals surface area contributed by atoms with E-state index in [0.717, 1.165) is 40.2 Å². The quantitative estimate of drug-likeness (QED) is 0.537. The first-order chi connectivity index (χ1) is 13.4. The van der Waals surface area contributed by atoms with Gasteiger partial charge >= 0.3 is 0 Å². The van der Waals surface area contributed by atoms with Gasteiger partial charge in [-0.3, -0.25) is 4.79 Å². The predicted octanol–water partition coefficient (Wildman–Crippen LogP) is 5.15. The van der Waals surface area contributed by atoms with Crippen molar-refractivity contribution in [2.75, 3.05) is 5.32 Å². The van der Waals surface area contributed by atoms with Crippen molar-refractivity contribution in [3.8, 4) is 11.3 Å². The van der Waals surface area contributed by atoms with E-state index >= 15 is 0 Å². The number of nitrogens with zero attached hydrogens (tertiary/aromatic N) is 2. The molecule has 28 heavy (non-hydrogen) atoms. The SMILES string of the molecule is Cc1ccc(-c2cn3cccc(C)c3n2)cc1NC(=O)c1ccc(F)c(F)c1. The number of benzene rings is 2. The number of nitrogens with one attached hydrogen (secondary N) is 1. The Kier molecular flexibility index (Phi) is 4.39. The zero-order valence-electron chi connectivity index (χ0n) is 15.3. The number of aromatic nitrogens is 2. The third-order valence-corrected chi connectivity index (χ3v) is 4.64. The van der Waals surface area contributed by atoms with E-state index in [1.807, 2.05) is 61.0 Å². The lowest BCUT2D eigenvalue weighted by molar-refractivity contribution is 0.102. The van der Waals surface area contributed by atoms with Crippen LogP contribution in [0.2, 0.25) is 0 Å². The summed E-state index contributed by atoms with van der Waals surface area (Å²) in [5.41, 5.74) is 5.03. The molecule has 0 unspecified atom stereocenters. The molecule has 0 saturated carbocycles. The number of carbonyl (C=O) groups excluding carboxylic acids is 1. The van der Waals surface area contributed by atoms with E-state index in [-0.39, 0.29) is 5.56 Å². The van der Waals surface area contributed by atoms with Gasteiger partial charge in [0.25, 0.3) is 5.91 Å². The van der Waals surface area contributed by atoms with Crippen molar-refractivity contribution in [1.29, 1.82) is 0 Å². The van der Waals surface area contributed by atoms with Gasteiger partial charge in [-0.1, -0.05) is 18.2 Å². The van der Waals surface area contributed by atoms with Gasteiger partial charge in [-0.15, -0.1) is 0 Å². The molecule has 0 bridgehead atoms. The van der Waals surface area contributed by atoms with Crippen LogP contribution < -0.4 is 5.32 Å². The Morgan fingerprint density at radius 1 is 1.00 bits per heavy atom. The number of anilines is 1. The Balaban J connectivity index is 1.67. The molecule has 0 aliphatic heterocycles. The standard InChI is InChI=1S/C22H17F2N3O/c1-13-5-6-15(20-12-27-9-3-4-14(2)21(27)25-20)11-19(13)26-22(28)16-7-8-17(23)18(24)10-16/h3-12H,1-2H3,(H,26,28). The molecule has 2 aromatic carbocycles. The van der Waals surface area contributed by atoms with Gasteiger partial charge in [0.1, 0.15) is 5.65 Å². The summed E-state index contributed by atoms with van der Waals surface area (Å²) in [4.78, 5) is 17.1. The lowest BCUT2D eigenvalue weighted by Crippen LogP contribution is -2.13. The number of hydrogen-bond acceptors (Lipinski definition) is 2. The molecule has 0 saturated heterocycles. The lowest BCUT2D eigenvalue weighted by atomic mass is 10.1. The summed E-state index contributed by atoms with van der Waals surface area (Å²) < 4.78 is 28.5. The molecule has 0 aliphatic carbocycles. The molecule has 2 heterocycles. The lowest BCUT2D eigenvalue weighted by Gasteiger charge is -2.10. The smallest absolute Gasteiger partial charge is 0.255 e. The van der Waals surface area contributed by atoms with Gasteiger partial charge in [0.05, 0.1) is 5.69 Å².